The molecule has 0 atom stereocenters. The quantitative estimate of drug-likeness (QED) is 0.371. The Hall–Kier alpha value is -1.11. The molecule has 0 spiro atoms. The summed E-state index contributed by atoms with van der Waals surface area (Å²) in [6, 6.07) is 8.32. The highest BCUT2D eigenvalue weighted by Crippen LogP contribution is 2.34. The zero-order valence-electron chi connectivity index (χ0n) is 15.2. The fraction of sp³-hybridized carbons (Fsp3) is 0.682. The van der Waals surface area contributed by atoms with E-state index in [1.807, 2.05) is 19.1 Å². The van der Waals surface area contributed by atoms with Gasteiger partial charge in [0.05, 0.1) is 0 Å². The summed E-state index contributed by atoms with van der Waals surface area (Å²) in [4.78, 5) is 11.7. The van der Waals surface area contributed by atoms with Gasteiger partial charge >= 0.3 is 0 Å². The summed E-state index contributed by atoms with van der Waals surface area (Å²) in [7, 11) is 0. The Bertz CT molecular complexity index is 451. The standard InChI is InChI=1S/C22H34O/c1-3-5-6-7-18-8-10-19(11-9-18)12-13-20-14-16-21(17-15-20)22(23)4-2/h14-19H,3-13H2,1-2H3/t18-,19-. The van der Waals surface area contributed by atoms with Crippen molar-refractivity contribution in [2.45, 2.75) is 84.5 Å². The summed E-state index contributed by atoms with van der Waals surface area (Å²) in [5, 5.41) is 0. The highest BCUT2D eigenvalue weighted by atomic mass is 16.1. The van der Waals surface area contributed by atoms with Crippen LogP contribution in [-0.4, -0.2) is 5.78 Å². The minimum absolute atomic E-state index is 0.248. The van der Waals surface area contributed by atoms with E-state index in [9.17, 15) is 4.79 Å². The van der Waals surface area contributed by atoms with Crippen molar-refractivity contribution < 1.29 is 4.79 Å². The van der Waals surface area contributed by atoms with E-state index in [0.717, 1.165) is 17.4 Å². The number of Topliss-reactive ketones (excluding diaryl/α,β-unsaturated/α-hetero) is 1. The van der Waals surface area contributed by atoms with Crippen LogP contribution in [0, 0.1) is 11.8 Å². The topological polar surface area (TPSA) is 17.1 Å². The third-order valence-electron chi connectivity index (χ3n) is 5.62. The van der Waals surface area contributed by atoms with E-state index in [0.29, 0.717) is 6.42 Å². The number of hydrogen-bond donors (Lipinski definition) is 0. The van der Waals surface area contributed by atoms with Gasteiger partial charge in [-0.05, 0) is 30.2 Å². The number of hydrogen-bond acceptors (Lipinski definition) is 1. The molecule has 1 aliphatic rings. The third-order valence-corrected chi connectivity index (χ3v) is 5.62. The van der Waals surface area contributed by atoms with Gasteiger partial charge in [0.1, 0.15) is 0 Å². The lowest BCUT2D eigenvalue weighted by Crippen LogP contribution is -2.15. The summed E-state index contributed by atoms with van der Waals surface area (Å²) in [6.07, 6.45) is 14.5. The largest absolute Gasteiger partial charge is 0.294 e. The summed E-state index contributed by atoms with van der Waals surface area (Å²) in [5.74, 6) is 2.18. The fourth-order valence-electron chi connectivity index (χ4n) is 3.92. The van der Waals surface area contributed by atoms with Crippen molar-refractivity contribution in [1.29, 1.82) is 0 Å². The Morgan fingerprint density at radius 1 is 0.913 bits per heavy atom. The molecule has 128 valence electrons. The molecular weight excluding hydrogens is 280 g/mol. The molecule has 1 aromatic carbocycles. The van der Waals surface area contributed by atoms with Crippen LogP contribution in [0.15, 0.2) is 24.3 Å². The molecule has 2 rings (SSSR count). The molecular formula is C22H34O. The number of rotatable bonds is 9. The van der Waals surface area contributed by atoms with Gasteiger partial charge in [-0.2, -0.15) is 0 Å². The average Bonchev–Trinajstić information content (AvgIpc) is 2.61. The van der Waals surface area contributed by atoms with Gasteiger partial charge in [-0.3, -0.25) is 4.79 Å². The van der Waals surface area contributed by atoms with Crippen LogP contribution in [0.1, 0.15) is 94.0 Å². The maximum Gasteiger partial charge on any atom is 0.162 e. The summed E-state index contributed by atoms with van der Waals surface area (Å²) < 4.78 is 0. The zero-order chi connectivity index (χ0) is 16.5. The van der Waals surface area contributed by atoms with Crippen molar-refractivity contribution in [3.8, 4) is 0 Å². The van der Waals surface area contributed by atoms with Crippen LogP contribution in [0.2, 0.25) is 0 Å². The molecule has 0 radical (unpaired) electrons. The van der Waals surface area contributed by atoms with E-state index >= 15 is 0 Å². The smallest absolute Gasteiger partial charge is 0.162 e. The Morgan fingerprint density at radius 3 is 2.09 bits per heavy atom. The third kappa shape index (κ3) is 6.12. The van der Waals surface area contributed by atoms with Gasteiger partial charge in [0.25, 0.3) is 0 Å². The van der Waals surface area contributed by atoms with Gasteiger partial charge in [0.15, 0.2) is 5.78 Å². The first-order valence-corrected chi connectivity index (χ1v) is 9.85. The number of carbonyl (C=O) groups excluding carboxylic acids is 1. The molecule has 1 aliphatic carbocycles. The van der Waals surface area contributed by atoms with Crippen LogP contribution >= 0.6 is 0 Å². The molecule has 0 bridgehead atoms. The van der Waals surface area contributed by atoms with Gasteiger partial charge in [-0.15, -0.1) is 0 Å². The maximum atomic E-state index is 11.7. The molecule has 23 heavy (non-hydrogen) atoms. The lowest BCUT2D eigenvalue weighted by atomic mass is 9.78. The highest BCUT2D eigenvalue weighted by molar-refractivity contribution is 5.95. The number of unbranched alkanes of at least 4 members (excludes halogenated alkanes) is 2. The normalized spacial score (nSPS) is 21.3. The van der Waals surface area contributed by atoms with Gasteiger partial charge in [0.2, 0.25) is 0 Å². The molecule has 0 heterocycles. The van der Waals surface area contributed by atoms with E-state index in [-0.39, 0.29) is 5.78 Å². The molecule has 0 amide bonds. The van der Waals surface area contributed by atoms with Crippen LogP contribution in [0.25, 0.3) is 0 Å². The van der Waals surface area contributed by atoms with Gasteiger partial charge in [0, 0.05) is 12.0 Å². The second kappa shape index (κ2) is 9.90. The number of aryl methyl sites for hydroxylation is 1. The monoisotopic (exact) mass is 314 g/mol. The predicted octanol–water partition coefficient (Wildman–Crippen LogP) is 6.60. The molecule has 0 aliphatic heterocycles. The van der Waals surface area contributed by atoms with Gasteiger partial charge in [-0.25, -0.2) is 0 Å². The van der Waals surface area contributed by atoms with Gasteiger partial charge in [-0.1, -0.05) is 89.5 Å². The Labute approximate surface area is 142 Å². The molecule has 1 heteroatoms. The minimum atomic E-state index is 0.248. The van der Waals surface area contributed by atoms with Crippen LogP contribution in [0.3, 0.4) is 0 Å². The van der Waals surface area contributed by atoms with E-state index < -0.39 is 0 Å². The fourth-order valence-corrected chi connectivity index (χ4v) is 3.92. The predicted molar refractivity (Wildman–Crippen MR) is 99.0 cm³/mol. The highest BCUT2D eigenvalue weighted by Gasteiger charge is 2.20. The molecule has 1 nitrogen and oxygen atoms in total. The Balaban J connectivity index is 1.68. The van der Waals surface area contributed by atoms with Crippen LogP contribution in [0.5, 0.6) is 0 Å². The Morgan fingerprint density at radius 2 is 1.52 bits per heavy atom. The SMILES string of the molecule is CCCCC[C@H]1CC[C@H](CCc2ccc(C(=O)CC)cc2)CC1. The van der Waals surface area contributed by atoms with E-state index in [2.05, 4.69) is 19.1 Å². The van der Waals surface area contributed by atoms with Crippen LogP contribution in [0.4, 0.5) is 0 Å². The second-order valence-corrected chi connectivity index (χ2v) is 7.39. The van der Waals surface area contributed by atoms with Crippen molar-refractivity contribution >= 4 is 5.78 Å². The molecule has 0 unspecified atom stereocenters. The molecule has 0 aromatic heterocycles. The van der Waals surface area contributed by atoms with E-state index in [1.165, 1.54) is 69.8 Å². The molecule has 1 aromatic rings. The first-order chi connectivity index (χ1) is 11.2. The van der Waals surface area contributed by atoms with Gasteiger partial charge < -0.3 is 0 Å². The number of ketones is 1. The molecule has 0 N–H and O–H groups in total. The van der Waals surface area contributed by atoms with Crippen molar-refractivity contribution in [2.24, 2.45) is 11.8 Å². The lowest BCUT2D eigenvalue weighted by molar-refractivity contribution is 0.0988. The average molecular weight is 315 g/mol. The summed E-state index contributed by atoms with van der Waals surface area (Å²) in [5.41, 5.74) is 2.26. The van der Waals surface area contributed by atoms with Crippen molar-refractivity contribution in [2.75, 3.05) is 0 Å². The zero-order valence-corrected chi connectivity index (χ0v) is 15.2. The number of carbonyl (C=O) groups is 1. The second-order valence-electron chi connectivity index (χ2n) is 7.39. The lowest BCUT2D eigenvalue weighted by Gasteiger charge is -2.28. The van der Waals surface area contributed by atoms with Crippen molar-refractivity contribution in [3.63, 3.8) is 0 Å². The minimum Gasteiger partial charge on any atom is -0.294 e. The van der Waals surface area contributed by atoms with E-state index in [4.69, 9.17) is 0 Å². The van der Waals surface area contributed by atoms with Crippen molar-refractivity contribution in [1.82, 2.24) is 0 Å². The summed E-state index contributed by atoms with van der Waals surface area (Å²) in [6.45, 7) is 4.22. The Kier molecular flexibility index (Phi) is 7.85. The molecule has 1 fully saturated rings. The maximum absolute atomic E-state index is 11.7. The van der Waals surface area contributed by atoms with Crippen molar-refractivity contribution in [3.05, 3.63) is 35.4 Å². The molecule has 1 saturated carbocycles. The van der Waals surface area contributed by atoms with Crippen LogP contribution < -0.4 is 0 Å². The summed E-state index contributed by atoms with van der Waals surface area (Å²) >= 11 is 0. The van der Waals surface area contributed by atoms with E-state index in [1.54, 1.807) is 0 Å². The first kappa shape index (κ1) is 18.2. The first-order valence-electron chi connectivity index (χ1n) is 9.85. The molecule has 0 saturated heterocycles. The van der Waals surface area contributed by atoms with Crippen LogP contribution in [-0.2, 0) is 6.42 Å². The number of benzene rings is 1.